The highest BCUT2D eigenvalue weighted by Gasteiger charge is 2.12. The minimum Gasteiger partial charge on any atom is -0.378 e. The Bertz CT molecular complexity index is 951. The lowest BCUT2D eigenvalue weighted by Crippen LogP contribution is -2.14. The van der Waals surface area contributed by atoms with Crippen LogP contribution < -0.4 is 0 Å². The fraction of sp³-hybridized carbons (Fsp3) is 0.294. The van der Waals surface area contributed by atoms with E-state index < -0.39 is 5.60 Å². The SMILES string of the molecule is [2H]c1n[nH]c([2H])c1-c1cn(CC)c2cnc(C#CC(C)(C)O)cc12. The zero-order valence-electron chi connectivity index (χ0n) is 14.7. The van der Waals surface area contributed by atoms with E-state index in [2.05, 4.69) is 27.0 Å². The molecular formula is C17H18N4O. The van der Waals surface area contributed by atoms with E-state index in [-0.39, 0.29) is 12.3 Å². The minimum absolute atomic E-state index is 0.0380. The molecule has 0 aliphatic rings. The van der Waals surface area contributed by atoms with Crippen LogP contribution in [0.4, 0.5) is 0 Å². The summed E-state index contributed by atoms with van der Waals surface area (Å²) in [6.07, 6.45) is 3.78. The molecule has 0 amide bonds. The fourth-order valence-corrected chi connectivity index (χ4v) is 2.26. The number of nitrogens with zero attached hydrogens (tertiary/aromatic N) is 3. The molecule has 0 atom stereocenters. The molecule has 0 spiro atoms. The molecule has 5 heteroatoms. The Morgan fingerprint density at radius 2 is 2.32 bits per heavy atom. The Morgan fingerprint density at radius 3 is 2.95 bits per heavy atom. The smallest absolute Gasteiger partial charge is 0.120 e. The average Bonchev–Trinajstić information content (AvgIpc) is 3.04. The second-order valence-electron chi connectivity index (χ2n) is 5.56. The van der Waals surface area contributed by atoms with Gasteiger partial charge < -0.3 is 9.67 Å². The van der Waals surface area contributed by atoms with Crippen molar-refractivity contribution in [2.24, 2.45) is 0 Å². The number of pyridine rings is 1. The zero-order valence-corrected chi connectivity index (χ0v) is 12.7. The summed E-state index contributed by atoms with van der Waals surface area (Å²) in [6, 6.07) is 1.82. The Kier molecular flexibility index (Phi) is 2.90. The predicted octanol–water partition coefficient (Wildman–Crippen LogP) is 2.57. The molecule has 0 radical (unpaired) electrons. The van der Waals surface area contributed by atoms with Gasteiger partial charge in [-0.1, -0.05) is 5.92 Å². The van der Waals surface area contributed by atoms with E-state index in [0.29, 0.717) is 11.3 Å². The van der Waals surface area contributed by atoms with Crippen molar-refractivity contribution in [2.45, 2.75) is 32.9 Å². The van der Waals surface area contributed by atoms with Crippen LogP contribution in [-0.2, 0) is 6.54 Å². The first-order valence-electron chi connectivity index (χ1n) is 8.06. The van der Waals surface area contributed by atoms with Crippen LogP contribution >= 0.6 is 0 Å². The van der Waals surface area contributed by atoms with Gasteiger partial charge in [-0.2, -0.15) is 5.10 Å². The van der Waals surface area contributed by atoms with E-state index in [1.165, 1.54) is 0 Å². The van der Waals surface area contributed by atoms with Crippen molar-refractivity contribution in [3.05, 3.63) is 36.5 Å². The van der Waals surface area contributed by atoms with E-state index in [4.69, 9.17) is 2.74 Å². The maximum Gasteiger partial charge on any atom is 0.120 e. The molecule has 0 aliphatic heterocycles. The molecule has 3 rings (SSSR count). The molecule has 0 unspecified atom stereocenters. The molecule has 5 nitrogen and oxygen atoms in total. The van der Waals surface area contributed by atoms with Gasteiger partial charge in [0.25, 0.3) is 0 Å². The number of nitrogens with one attached hydrogen (secondary N) is 1. The summed E-state index contributed by atoms with van der Waals surface area (Å²) < 4.78 is 17.9. The highest BCUT2D eigenvalue weighted by molar-refractivity contribution is 5.96. The molecule has 22 heavy (non-hydrogen) atoms. The summed E-state index contributed by atoms with van der Waals surface area (Å²) in [5, 5.41) is 16.9. The molecule has 0 aliphatic carbocycles. The maximum absolute atomic E-state index is 9.74. The molecule has 3 heterocycles. The fourth-order valence-electron chi connectivity index (χ4n) is 2.26. The van der Waals surface area contributed by atoms with Crippen molar-refractivity contribution in [2.75, 3.05) is 0 Å². The van der Waals surface area contributed by atoms with Crippen LogP contribution in [-0.4, -0.2) is 30.5 Å². The van der Waals surface area contributed by atoms with Gasteiger partial charge in [0.05, 0.1) is 20.6 Å². The van der Waals surface area contributed by atoms with Crippen molar-refractivity contribution in [3.8, 4) is 23.0 Å². The van der Waals surface area contributed by atoms with Crippen LogP contribution in [0.2, 0.25) is 0 Å². The maximum atomic E-state index is 9.74. The van der Waals surface area contributed by atoms with Crippen molar-refractivity contribution in [1.29, 1.82) is 0 Å². The molecule has 0 aromatic carbocycles. The third-order valence-corrected chi connectivity index (χ3v) is 3.28. The molecule has 3 aromatic rings. The van der Waals surface area contributed by atoms with Crippen LogP contribution in [0.1, 0.15) is 29.2 Å². The summed E-state index contributed by atoms with van der Waals surface area (Å²) in [4.78, 5) is 4.34. The first kappa shape index (κ1) is 12.0. The second kappa shape index (κ2) is 5.32. The number of rotatable bonds is 2. The highest BCUT2D eigenvalue weighted by atomic mass is 16.3. The van der Waals surface area contributed by atoms with Crippen LogP contribution in [0.15, 0.2) is 30.8 Å². The summed E-state index contributed by atoms with van der Waals surface area (Å²) >= 11 is 0. The molecule has 2 N–H and O–H groups in total. The lowest BCUT2D eigenvalue weighted by Gasteiger charge is -2.05. The van der Waals surface area contributed by atoms with Crippen LogP contribution in [0.5, 0.6) is 0 Å². The van der Waals surface area contributed by atoms with Crippen LogP contribution in [0.25, 0.3) is 22.0 Å². The summed E-state index contributed by atoms with van der Waals surface area (Å²) in [5.74, 6) is 5.61. The monoisotopic (exact) mass is 296 g/mol. The van der Waals surface area contributed by atoms with Gasteiger partial charge in [0.2, 0.25) is 0 Å². The van der Waals surface area contributed by atoms with Crippen molar-refractivity contribution in [3.63, 3.8) is 0 Å². The molecule has 0 saturated carbocycles. The third kappa shape index (κ3) is 2.74. The standard InChI is InChI=1S/C17H18N4O/c1-4-21-11-15(12-8-19-20-9-12)14-7-13(18-10-16(14)21)5-6-17(2,3)22/h7-11,22H,4H2,1-3H3,(H,19,20)/i8D,9D. The van der Waals surface area contributed by atoms with Gasteiger partial charge in [0, 0.05) is 35.4 Å². The van der Waals surface area contributed by atoms with Crippen molar-refractivity contribution >= 4 is 10.9 Å². The second-order valence-corrected chi connectivity index (χ2v) is 5.56. The Labute approximate surface area is 131 Å². The predicted molar refractivity (Wildman–Crippen MR) is 86.2 cm³/mol. The van der Waals surface area contributed by atoms with Gasteiger partial charge in [0.15, 0.2) is 0 Å². The number of aryl methyl sites for hydroxylation is 1. The van der Waals surface area contributed by atoms with Gasteiger partial charge >= 0.3 is 0 Å². The lowest BCUT2D eigenvalue weighted by atomic mass is 10.1. The Hall–Kier alpha value is -2.58. The van der Waals surface area contributed by atoms with Crippen molar-refractivity contribution in [1.82, 2.24) is 19.7 Å². The molecular weight excluding hydrogens is 276 g/mol. The largest absolute Gasteiger partial charge is 0.378 e. The van der Waals surface area contributed by atoms with Crippen LogP contribution in [0, 0.1) is 11.8 Å². The lowest BCUT2D eigenvalue weighted by molar-refractivity contribution is 0.143. The van der Waals surface area contributed by atoms with Gasteiger partial charge in [-0.05, 0) is 32.8 Å². The first-order valence-corrected chi connectivity index (χ1v) is 7.06. The summed E-state index contributed by atoms with van der Waals surface area (Å²) in [5.41, 5.74) is 1.55. The van der Waals surface area contributed by atoms with E-state index >= 15 is 0 Å². The van der Waals surface area contributed by atoms with E-state index in [9.17, 15) is 5.11 Å². The summed E-state index contributed by atoms with van der Waals surface area (Å²) in [6.45, 7) is 5.98. The molecule has 0 fully saturated rings. The topological polar surface area (TPSA) is 66.7 Å². The normalized spacial score (nSPS) is 12.7. The molecule has 112 valence electrons. The van der Waals surface area contributed by atoms with Crippen molar-refractivity contribution < 1.29 is 7.85 Å². The minimum atomic E-state index is -1.10. The van der Waals surface area contributed by atoms with E-state index in [1.54, 1.807) is 20.0 Å². The number of hydrogen-bond donors (Lipinski definition) is 2. The van der Waals surface area contributed by atoms with Crippen LogP contribution in [0.3, 0.4) is 0 Å². The molecule has 3 aromatic heterocycles. The Morgan fingerprint density at radius 1 is 1.50 bits per heavy atom. The first-order chi connectivity index (χ1) is 11.3. The summed E-state index contributed by atoms with van der Waals surface area (Å²) in [7, 11) is 0. The number of aliphatic hydroxyl groups is 1. The van der Waals surface area contributed by atoms with Gasteiger partial charge in [-0.3, -0.25) is 5.10 Å². The number of H-pyrrole nitrogens is 1. The number of fused-ring (bicyclic) bond motifs is 1. The molecule has 0 bridgehead atoms. The van der Waals surface area contributed by atoms with E-state index in [0.717, 1.165) is 23.0 Å². The number of hydrogen-bond acceptors (Lipinski definition) is 3. The highest BCUT2D eigenvalue weighted by Crippen LogP contribution is 2.30. The van der Waals surface area contributed by atoms with Gasteiger partial charge in [-0.25, -0.2) is 4.98 Å². The van der Waals surface area contributed by atoms with E-state index in [1.807, 2.05) is 23.8 Å². The van der Waals surface area contributed by atoms with Gasteiger partial charge in [0.1, 0.15) is 11.3 Å². The average molecular weight is 296 g/mol. The number of aromatic amines is 1. The quantitative estimate of drug-likeness (QED) is 0.714. The van der Waals surface area contributed by atoms with Gasteiger partial charge in [-0.15, -0.1) is 0 Å². The zero-order chi connectivity index (χ0) is 17.5. The molecule has 0 saturated heterocycles. The third-order valence-electron chi connectivity index (χ3n) is 3.28. The Balaban J connectivity index is 2.24. The number of aromatic nitrogens is 4.